The summed E-state index contributed by atoms with van der Waals surface area (Å²) in [7, 11) is 0. The predicted octanol–water partition coefficient (Wildman–Crippen LogP) is 4.96. The highest BCUT2D eigenvalue weighted by Crippen LogP contribution is 2.20. The van der Waals surface area contributed by atoms with Crippen LogP contribution in [-0.2, 0) is 9.59 Å². The van der Waals surface area contributed by atoms with Crippen molar-refractivity contribution in [3.8, 4) is 11.5 Å². The third-order valence-electron chi connectivity index (χ3n) is 4.81. The van der Waals surface area contributed by atoms with Gasteiger partial charge in [-0.3, -0.25) is 9.59 Å². The maximum Gasteiger partial charge on any atom is 0.262 e. The quantitative estimate of drug-likeness (QED) is 0.528. The minimum atomic E-state index is -0.286. The fourth-order valence-electron chi connectivity index (χ4n) is 3.28. The molecular formula is C26H28N2O4. The van der Waals surface area contributed by atoms with Crippen LogP contribution in [0.25, 0.3) is 0 Å². The van der Waals surface area contributed by atoms with Crippen molar-refractivity contribution in [3.05, 3.63) is 82.9 Å². The van der Waals surface area contributed by atoms with E-state index in [9.17, 15) is 9.59 Å². The number of ether oxygens (including phenoxy) is 2. The minimum absolute atomic E-state index is 0.107. The van der Waals surface area contributed by atoms with Crippen LogP contribution < -0.4 is 20.1 Å². The largest absolute Gasteiger partial charge is 0.483 e. The van der Waals surface area contributed by atoms with Gasteiger partial charge in [-0.2, -0.15) is 0 Å². The van der Waals surface area contributed by atoms with Gasteiger partial charge in [-0.05, 0) is 69.2 Å². The van der Waals surface area contributed by atoms with Crippen molar-refractivity contribution in [2.45, 2.75) is 27.7 Å². The first kappa shape index (κ1) is 22.9. The van der Waals surface area contributed by atoms with Crippen LogP contribution in [0.5, 0.6) is 11.5 Å². The molecule has 0 fully saturated rings. The van der Waals surface area contributed by atoms with E-state index < -0.39 is 0 Å². The van der Waals surface area contributed by atoms with Gasteiger partial charge in [0.15, 0.2) is 13.2 Å². The molecule has 0 aliphatic heterocycles. The fraction of sp³-hybridized carbons (Fsp3) is 0.231. The Kier molecular flexibility index (Phi) is 7.49. The van der Waals surface area contributed by atoms with Gasteiger partial charge in [0.25, 0.3) is 11.8 Å². The van der Waals surface area contributed by atoms with Crippen LogP contribution in [0.2, 0.25) is 0 Å². The van der Waals surface area contributed by atoms with Crippen LogP contribution in [0.3, 0.4) is 0 Å². The van der Waals surface area contributed by atoms with Crippen molar-refractivity contribution in [1.29, 1.82) is 0 Å². The lowest BCUT2D eigenvalue weighted by atomic mass is 10.1. The number of rotatable bonds is 8. The zero-order chi connectivity index (χ0) is 23.1. The van der Waals surface area contributed by atoms with Crippen molar-refractivity contribution in [3.63, 3.8) is 0 Å². The summed E-state index contributed by atoms with van der Waals surface area (Å²) in [5.74, 6) is 0.782. The van der Waals surface area contributed by atoms with E-state index >= 15 is 0 Å². The molecule has 2 N–H and O–H groups in total. The van der Waals surface area contributed by atoms with Gasteiger partial charge in [0.1, 0.15) is 11.5 Å². The average Bonchev–Trinajstić information content (AvgIpc) is 2.73. The van der Waals surface area contributed by atoms with Gasteiger partial charge in [-0.25, -0.2) is 0 Å². The number of hydrogen-bond acceptors (Lipinski definition) is 4. The van der Waals surface area contributed by atoms with Gasteiger partial charge in [-0.15, -0.1) is 0 Å². The lowest BCUT2D eigenvalue weighted by Gasteiger charge is -2.12. The van der Waals surface area contributed by atoms with E-state index in [2.05, 4.69) is 10.6 Å². The summed E-state index contributed by atoms with van der Waals surface area (Å²) in [6.45, 7) is 7.68. The predicted molar refractivity (Wildman–Crippen MR) is 127 cm³/mol. The van der Waals surface area contributed by atoms with Gasteiger partial charge >= 0.3 is 0 Å². The highest BCUT2D eigenvalue weighted by Gasteiger charge is 2.09. The second-order valence-corrected chi connectivity index (χ2v) is 7.79. The van der Waals surface area contributed by atoms with Crippen molar-refractivity contribution >= 4 is 23.2 Å². The van der Waals surface area contributed by atoms with Gasteiger partial charge in [0.05, 0.1) is 0 Å². The third-order valence-corrected chi connectivity index (χ3v) is 4.81. The number of hydrogen-bond donors (Lipinski definition) is 2. The van der Waals surface area contributed by atoms with Crippen LogP contribution in [0.15, 0.2) is 60.7 Å². The SMILES string of the molecule is Cc1ccc(OCC(=O)Nc2cccc(NC(=O)COc3ccc(C)cc3C)c2)c(C)c1. The van der Waals surface area contributed by atoms with Crippen LogP contribution in [-0.4, -0.2) is 25.0 Å². The first-order chi connectivity index (χ1) is 15.3. The lowest BCUT2D eigenvalue weighted by molar-refractivity contribution is -0.118. The van der Waals surface area contributed by atoms with Crippen molar-refractivity contribution < 1.29 is 19.1 Å². The molecule has 3 aromatic carbocycles. The van der Waals surface area contributed by atoms with Crippen LogP contribution in [0.1, 0.15) is 22.3 Å². The number of amides is 2. The van der Waals surface area contributed by atoms with E-state index in [0.29, 0.717) is 22.9 Å². The summed E-state index contributed by atoms with van der Waals surface area (Å²) < 4.78 is 11.2. The number of carbonyl (C=O) groups is 2. The minimum Gasteiger partial charge on any atom is -0.483 e. The Hall–Kier alpha value is -3.80. The molecule has 0 bridgehead atoms. The first-order valence-electron chi connectivity index (χ1n) is 10.4. The highest BCUT2D eigenvalue weighted by atomic mass is 16.5. The van der Waals surface area contributed by atoms with Crippen molar-refractivity contribution in [2.24, 2.45) is 0 Å². The molecule has 0 aliphatic carbocycles. The van der Waals surface area contributed by atoms with Crippen LogP contribution >= 0.6 is 0 Å². The molecule has 32 heavy (non-hydrogen) atoms. The van der Waals surface area contributed by atoms with Gasteiger partial charge in [0.2, 0.25) is 0 Å². The zero-order valence-corrected chi connectivity index (χ0v) is 18.8. The Morgan fingerprint density at radius 3 is 1.50 bits per heavy atom. The molecule has 6 heteroatoms. The Balaban J connectivity index is 1.50. The van der Waals surface area contributed by atoms with Gasteiger partial charge < -0.3 is 20.1 Å². The molecule has 0 spiro atoms. The normalized spacial score (nSPS) is 10.4. The molecule has 0 atom stereocenters. The van der Waals surface area contributed by atoms with E-state index in [-0.39, 0.29) is 25.0 Å². The highest BCUT2D eigenvalue weighted by molar-refractivity contribution is 5.95. The summed E-state index contributed by atoms with van der Waals surface area (Å²) >= 11 is 0. The van der Waals surface area contributed by atoms with Crippen LogP contribution in [0.4, 0.5) is 11.4 Å². The zero-order valence-electron chi connectivity index (χ0n) is 18.8. The second kappa shape index (κ2) is 10.5. The van der Waals surface area contributed by atoms with Gasteiger partial charge in [-0.1, -0.05) is 41.5 Å². The molecule has 0 aliphatic rings. The molecule has 6 nitrogen and oxygen atoms in total. The Morgan fingerprint density at radius 1 is 0.656 bits per heavy atom. The van der Waals surface area contributed by atoms with Crippen molar-refractivity contribution in [2.75, 3.05) is 23.8 Å². The average molecular weight is 433 g/mol. The smallest absolute Gasteiger partial charge is 0.262 e. The lowest BCUT2D eigenvalue weighted by Crippen LogP contribution is -2.21. The number of carbonyl (C=O) groups excluding carboxylic acids is 2. The Bertz CT molecular complexity index is 1040. The number of aryl methyl sites for hydroxylation is 4. The van der Waals surface area contributed by atoms with Gasteiger partial charge in [0, 0.05) is 11.4 Å². The maximum absolute atomic E-state index is 12.3. The molecule has 3 rings (SSSR count). The summed E-state index contributed by atoms with van der Waals surface area (Å²) in [5.41, 5.74) is 5.35. The molecule has 0 radical (unpaired) electrons. The molecule has 0 saturated heterocycles. The third kappa shape index (κ3) is 6.60. The summed E-state index contributed by atoms with van der Waals surface area (Å²) in [5, 5.41) is 5.56. The molecule has 2 amide bonds. The van der Waals surface area contributed by atoms with Crippen LogP contribution in [0, 0.1) is 27.7 Å². The van der Waals surface area contributed by atoms with E-state index in [0.717, 1.165) is 22.3 Å². The van der Waals surface area contributed by atoms with E-state index in [1.54, 1.807) is 24.3 Å². The molecule has 0 saturated carbocycles. The summed E-state index contributed by atoms with van der Waals surface area (Å²) in [6, 6.07) is 18.5. The monoisotopic (exact) mass is 432 g/mol. The molecule has 0 heterocycles. The standard InChI is InChI=1S/C26H28N2O4/c1-17-8-10-23(19(3)12-17)31-15-25(29)27-21-6-5-7-22(14-21)28-26(30)16-32-24-11-9-18(2)13-20(24)4/h5-14H,15-16H2,1-4H3,(H,27,29)(H,28,30). The topological polar surface area (TPSA) is 76.7 Å². The summed E-state index contributed by atoms with van der Waals surface area (Å²) in [6.07, 6.45) is 0. The fourth-order valence-corrected chi connectivity index (χ4v) is 3.28. The Morgan fingerprint density at radius 2 is 1.09 bits per heavy atom. The number of anilines is 2. The Labute approximate surface area is 188 Å². The molecule has 0 unspecified atom stereocenters. The van der Waals surface area contributed by atoms with E-state index in [1.807, 2.05) is 64.1 Å². The number of benzene rings is 3. The first-order valence-corrected chi connectivity index (χ1v) is 10.4. The van der Waals surface area contributed by atoms with E-state index in [1.165, 1.54) is 0 Å². The number of nitrogens with one attached hydrogen (secondary N) is 2. The maximum atomic E-state index is 12.3. The summed E-state index contributed by atoms with van der Waals surface area (Å²) in [4.78, 5) is 24.5. The molecule has 3 aromatic rings. The van der Waals surface area contributed by atoms with E-state index in [4.69, 9.17) is 9.47 Å². The van der Waals surface area contributed by atoms with Crippen molar-refractivity contribution in [1.82, 2.24) is 0 Å². The molecular weight excluding hydrogens is 404 g/mol. The molecule has 0 aromatic heterocycles. The molecule has 166 valence electrons. The second-order valence-electron chi connectivity index (χ2n) is 7.79.